The Morgan fingerprint density at radius 1 is 1.10 bits per heavy atom. The number of hydrogen-bond donors (Lipinski definition) is 0. The van der Waals surface area contributed by atoms with E-state index in [4.69, 9.17) is 4.43 Å². The summed E-state index contributed by atoms with van der Waals surface area (Å²) in [5.41, 5.74) is 1.80. The minimum absolute atomic E-state index is 0.0753. The molecule has 1 atom stereocenters. The molecule has 1 aromatic carbocycles. The van der Waals surface area contributed by atoms with Crippen LogP contribution in [0.3, 0.4) is 0 Å². The molecule has 3 rings (SSSR count). The first-order valence-electron chi connectivity index (χ1n) is 10.2. The fourth-order valence-corrected chi connectivity index (χ4v) is 6.55. The molecule has 2 heterocycles. The van der Waals surface area contributed by atoms with E-state index in [1.807, 2.05) is 25.7 Å². The zero-order valence-corrected chi connectivity index (χ0v) is 20.4. The van der Waals surface area contributed by atoms with Crippen molar-refractivity contribution in [1.82, 2.24) is 4.98 Å². The van der Waals surface area contributed by atoms with Gasteiger partial charge in [0.2, 0.25) is 14.2 Å². The SMILES string of the molecule is CCC1CCN([Si](C)(C)C)c2cc3nc(O[Si](C)(C)C)cc(C(F)(F)F)c3cc21. The number of nitrogens with zero attached hydrogens (tertiary/aromatic N) is 2. The molecule has 0 amide bonds. The largest absolute Gasteiger partial charge is 0.531 e. The number of benzene rings is 1. The van der Waals surface area contributed by atoms with Gasteiger partial charge in [-0.05, 0) is 56.1 Å². The Hall–Kier alpha value is -1.55. The Kier molecular flexibility index (Phi) is 5.57. The number of alkyl halides is 3. The number of fused-ring (bicyclic) bond motifs is 2. The third-order valence-corrected chi connectivity index (χ3v) is 8.29. The van der Waals surface area contributed by atoms with Crippen molar-refractivity contribution in [3.63, 3.8) is 0 Å². The summed E-state index contributed by atoms with van der Waals surface area (Å²) in [5, 5.41) is 0.176. The molecule has 0 saturated heterocycles. The lowest BCUT2D eigenvalue weighted by molar-refractivity contribution is -0.136. The molecule has 0 fully saturated rings. The number of anilines is 1. The van der Waals surface area contributed by atoms with E-state index in [9.17, 15) is 13.2 Å². The van der Waals surface area contributed by atoms with Crippen molar-refractivity contribution in [2.24, 2.45) is 0 Å². The molecule has 2 aromatic rings. The van der Waals surface area contributed by atoms with E-state index < -0.39 is 28.3 Å². The average molecular weight is 441 g/mol. The highest BCUT2D eigenvalue weighted by atomic mass is 28.4. The summed E-state index contributed by atoms with van der Waals surface area (Å²) in [5.74, 6) is 0.354. The summed E-state index contributed by atoms with van der Waals surface area (Å²) in [6.45, 7) is 15.7. The Morgan fingerprint density at radius 2 is 1.76 bits per heavy atom. The van der Waals surface area contributed by atoms with Gasteiger partial charge in [0.15, 0.2) is 0 Å². The summed E-state index contributed by atoms with van der Waals surface area (Å²) in [6.07, 6.45) is -2.56. The molecule has 1 aliphatic heterocycles. The van der Waals surface area contributed by atoms with Crippen LogP contribution in [0.4, 0.5) is 18.9 Å². The molecule has 0 N–H and O–H groups in total. The highest BCUT2D eigenvalue weighted by Gasteiger charge is 2.37. The van der Waals surface area contributed by atoms with Gasteiger partial charge in [0.1, 0.15) is 8.24 Å². The number of halogens is 3. The zero-order chi connectivity index (χ0) is 21.8. The van der Waals surface area contributed by atoms with Gasteiger partial charge in [0.05, 0.1) is 11.1 Å². The van der Waals surface area contributed by atoms with E-state index in [2.05, 4.69) is 36.1 Å². The van der Waals surface area contributed by atoms with Gasteiger partial charge in [-0.2, -0.15) is 13.2 Å². The first-order valence-corrected chi connectivity index (χ1v) is 17.1. The van der Waals surface area contributed by atoms with Gasteiger partial charge in [-0.3, -0.25) is 0 Å². The molecule has 0 bridgehead atoms. The summed E-state index contributed by atoms with van der Waals surface area (Å²) in [6, 6.07) is 4.70. The van der Waals surface area contributed by atoms with Crippen molar-refractivity contribution >= 4 is 33.1 Å². The van der Waals surface area contributed by atoms with Gasteiger partial charge in [-0.25, -0.2) is 4.98 Å². The Morgan fingerprint density at radius 3 is 2.28 bits per heavy atom. The summed E-state index contributed by atoms with van der Waals surface area (Å²) >= 11 is 0. The zero-order valence-electron chi connectivity index (χ0n) is 18.4. The highest BCUT2D eigenvalue weighted by Crippen LogP contribution is 2.44. The Bertz CT molecular complexity index is 917. The smallest absolute Gasteiger partial charge is 0.417 e. The molecule has 0 saturated carbocycles. The number of aromatic nitrogens is 1. The topological polar surface area (TPSA) is 25.4 Å². The molecular formula is C21H31F3N2OSi2. The van der Waals surface area contributed by atoms with Gasteiger partial charge < -0.3 is 8.99 Å². The van der Waals surface area contributed by atoms with Crippen molar-refractivity contribution in [2.75, 3.05) is 11.1 Å². The van der Waals surface area contributed by atoms with Crippen LogP contribution < -0.4 is 8.99 Å². The van der Waals surface area contributed by atoms with Crippen LogP contribution >= 0.6 is 0 Å². The van der Waals surface area contributed by atoms with Crippen LogP contribution in [-0.4, -0.2) is 28.1 Å². The average Bonchev–Trinajstić information content (AvgIpc) is 2.55. The third kappa shape index (κ3) is 4.63. The van der Waals surface area contributed by atoms with Gasteiger partial charge in [-0.15, -0.1) is 0 Å². The lowest BCUT2D eigenvalue weighted by atomic mass is 9.87. The minimum Gasteiger partial charge on any atom is -0.531 e. The predicted octanol–water partition coefficient (Wildman–Crippen LogP) is 7.01. The van der Waals surface area contributed by atoms with Crippen LogP contribution in [0.15, 0.2) is 18.2 Å². The van der Waals surface area contributed by atoms with E-state index in [1.165, 1.54) is 0 Å². The molecule has 0 spiro atoms. The summed E-state index contributed by atoms with van der Waals surface area (Å²) in [7, 11) is -3.77. The van der Waals surface area contributed by atoms with Gasteiger partial charge >= 0.3 is 6.18 Å². The molecule has 3 nitrogen and oxygen atoms in total. The molecule has 0 aliphatic carbocycles. The first kappa shape index (κ1) is 22.1. The maximum Gasteiger partial charge on any atom is 0.417 e. The molecule has 29 heavy (non-hydrogen) atoms. The van der Waals surface area contributed by atoms with Crippen molar-refractivity contribution < 1.29 is 17.6 Å². The Labute approximate surface area is 173 Å². The van der Waals surface area contributed by atoms with Crippen LogP contribution in [-0.2, 0) is 6.18 Å². The number of hydrogen-bond acceptors (Lipinski definition) is 3. The van der Waals surface area contributed by atoms with Crippen LogP contribution in [0.25, 0.3) is 10.9 Å². The lowest BCUT2D eigenvalue weighted by Crippen LogP contribution is -2.49. The van der Waals surface area contributed by atoms with Crippen molar-refractivity contribution in [3.8, 4) is 5.88 Å². The van der Waals surface area contributed by atoms with E-state index in [-0.39, 0.29) is 17.2 Å². The second kappa shape index (κ2) is 7.30. The molecular weight excluding hydrogens is 409 g/mol. The normalized spacial score (nSPS) is 18.1. The minimum atomic E-state index is -4.46. The predicted molar refractivity (Wildman–Crippen MR) is 119 cm³/mol. The van der Waals surface area contributed by atoms with Gasteiger partial charge in [0.25, 0.3) is 0 Å². The lowest BCUT2D eigenvalue weighted by Gasteiger charge is -2.43. The molecule has 8 heteroatoms. The maximum atomic E-state index is 13.9. The highest BCUT2D eigenvalue weighted by molar-refractivity contribution is 6.79. The van der Waals surface area contributed by atoms with Crippen LogP contribution in [0.2, 0.25) is 39.3 Å². The monoisotopic (exact) mass is 440 g/mol. The van der Waals surface area contributed by atoms with Crippen molar-refractivity contribution in [2.45, 2.75) is 71.1 Å². The van der Waals surface area contributed by atoms with Crippen LogP contribution in [0.1, 0.15) is 36.8 Å². The standard InChI is InChI=1S/C21H31F3N2OSi2/c1-8-14-9-10-26(28(2,3)4)19-13-18-16(11-15(14)19)17(21(22,23)24)12-20(25-18)27-29(5,6)7/h11-14H,8-10H2,1-7H3. The fourth-order valence-electron chi connectivity index (χ4n) is 4.10. The van der Waals surface area contributed by atoms with Crippen molar-refractivity contribution in [3.05, 3.63) is 29.3 Å². The van der Waals surface area contributed by atoms with Crippen molar-refractivity contribution in [1.29, 1.82) is 0 Å². The molecule has 160 valence electrons. The van der Waals surface area contributed by atoms with E-state index in [0.717, 1.165) is 36.7 Å². The fraction of sp³-hybridized carbons (Fsp3) is 0.571. The van der Waals surface area contributed by atoms with E-state index >= 15 is 0 Å². The quantitative estimate of drug-likeness (QED) is 0.478. The second-order valence-corrected chi connectivity index (χ2v) is 19.2. The Balaban J connectivity index is 2.31. The summed E-state index contributed by atoms with van der Waals surface area (Å²) in [4.78, 5) is 4.51. The molecule has 1 unspecified atom stereocenters. The first-order chi connectivity index (χ1) is 13.2. The maximum absolute atomic E-state index is 13.9. The molecule has 1 aromatic heterocycles. The summed E-state index contributed by atoms with van der Waals surface area (Å²) < 4.78 is 50.1. The molecule has 1 aliphatic rings. The van der Waals surface area contributed by atoms with Gasteiger partial charge in [0, 0.05) is 23.7 Å². The van der Waals surface area contributed by atoms with E-state index in [0.29, 0.717) is 5.52 Å². The third-order valence-electron chi connectivity index (χ3n) is 5.38. The molecule has 0 radical (unpaired) electrons. The van der Waals surface area contributed by atoms with E-state index in [1.54, 1.807) is 6.07 Å². The number of rotatable bonds is 4. The van der Waals surface area contributed by atoms with Crippen LogP contribution in [0.5, 0.6) is 5.88 Å². The number of pyridine rings is 1. The van der Waals surface area contributed by atoms with Gasteiger partial charge in [-0.1, -0.05) is 26.6 Å². The second-order valence-electron chi connectivity index (χ2n) is 9.86. The van der Waals surface area contributed by atoms with Crippen LogP contribution in [0, 0.1) is 0 Å².